The number of rotatable bonds is 3. The van der Waals surface area contributed by atoms with Crippen LogP contribution in [0.3, 0.4) is 0 Å². The summed E-state index contributed by atoms with van der Waals surface area (Å²) in [6, 6.07) is 11.3. The van der Waals surface area contributed by atoms with Crippen LogP contribution in [0.5, 0.6) is 5.75 Å². The zero-order valence-corrected chi connectivity index (χ0v) is 14.9. The Balaban J connectivity index is 2.00. The number of allylic oxidation sites excluding steroid dienone is 1. The molecule has 0 atom stereocenters. The van der Waals surface area contributed by atoms with Crippen molar-refractivity contribution in [3.63, 3.8) is 0 Å². The van der Waals surface area contributed by atoms with Gasteiger partial charge < -0.3 is 14.4 Å². The molecule has 1 fully saturated rings. The Morgan fingerprint density at radius 3 is 2.50 bits per heavy atom. The van der Waals surface area contributed by atoms with Crippen LogP contribution in [0.25, 0.3) is 17.0 Å². The maximum absolute atomic E-state index is 13.3. The highest BCUT2D eigenvalue weighted by Gasteiger charge is 2.50. The lowest BCUT2D eigenvalue weighted by atomic mass is 9.81. The molecule has 5 heteroatoms. The third-order valence-electron chi connectivity index (χ3n) is 5.59. The van der Waals surface area contributed by atoms with Crippen LogP contribution in [0.15, 0.2) is 42.0 Å². The molecule has 2 aliphatic rings. The molecule has 0 saturated heterocycles. The van der Waals surface area contributed by atoms with Gasteiger partial charge >= 0.3 is 0 Å². The number of hydrogen-bond donors (Lipinski definition) is 1. The molecule has 2 heterocycles. The van der Waals surface area contributed by atoms with E-state index in [1.165, 1.54) is 6.92 Å². The SMILES string of the molecule is COc1cccc(-c2ccc3n2C2(CCCC2)C(=O)C(C(C)=O)=C3O)c1. The molecule has 1 N–H and O–H groups in total. The second kappa shape index (κ2) is 5.87. The van der Waals surface area contributed by atoms with E-state index in [-0.39, 0.29) is 22.9 Å². The van der Waals surface area contributed by atoms with Gasteiger partial charge in [-0.05, 0) is 44.0 Å². The number of carbonyl (C=O) groups excluding carboxylic acids is 2. The first-order valence-corrected chi connectivity index (χ1v) is 8.85. The number of benzene rings is 1. The number of fused-ring (bicyclic) bond motifs is 2. The van der Waals surface area contributed by atoms with Crippen molar-refractivity contribution >= 4 is 17.3 Å². The van der Waals surface area contributed by atoms with Crippen molar-refractivity contribution in [2.45, 2.75) is 38.1 Å². The van der Waals surface area contributed by atoms with Crippen molar-refractivity contribution in [3.8, 4) is 17.0 Å². The number of aromatic nitrogens is 1. The van der Waals surface area contributed by atoms with Crippen molar-refractivity contribution in [1.29, 1.82) is 0 Å². The number of Topliss-reactive ketones (excluding diaryl/α,β-unsaturated/α-hetero) is 2. The molecule has 1 aromatic heterocycles. The summed E-state index contributed by atoms with van der Waals surface area (Å²) < 4.78 is 7.27. The van der Waals surface area contributed by atoms with Gasteiger partial charge in [-0.15, -0.1) is 0 Å². The van der Waals surface area contributed by atoms with E-state index in [0.29, 0.717) is 18.5 Å². The highest BCUT2D eigenvalue weighted by Crippen LogP contribution is 2.48. The first-order valence-electron chi connectivity index (χ1n) is 8.85. The Bertz CT molecular complexity index is 945. The lowest BCUT2D eigenvalue weighted by molar-refractivity contribution is -0.126. The highest BCUT2D eigenvalue weighted by molar-refractivity contribution is 6.27. The second-order valence-corrected chi connectivity index (χ2v) is 7.02. The standard InChI is InChI=1S/C21H21NO4/c1-13(23)18-19(24)17-9-8-16(14-6-5-7-15(12-14)26-2)22(17)21(20(18)25)10-3-4-11-21/h5-9,12,24H,3-4,10-11H2,1-2H3. The molecule has 1 spiro atoms. The molecular weight excluding hydrogens is 330 g/mol. The highest BCUT2D eigenvalue weighted by atomic mass is 16.5. The van der Waals surface area contributed by atoms with Crippen LogP contribution in [0, 0.1) is 0 Å². The number of aliphatic hydroxyl groups is 1. The van der Waals surface area contributed by atoms with Crippen molar-refractivity contribution < 1.29 is 19.4 Å². The van der Waals surface area contributed by atoms with E-state index >= 15 is 0 Å². The average molecular weight is 351 g/mol. The van der Waals surface area contributed by atoms with Gasteiger partial charge in [-0.2, -0.15) is 0 Å². The molecule has 1 aliphatic heterocycles. The van der Waals surface area contributed by atoms with Gasteiger partial charge in [0.25, 0.3) is 0 Å². The molecule has 1 aromatic carbocycles. The van der Waals surface area contributed by atoms with Gasteiger partial charge in [0.2, 0.25) is 0 Å². The smallest absolute Gasteiger partial charge is 0.196 e. The summed E-state index contributed by atoms with van der Waals surface area (Å²) in [5, 5.41) is 10.7. The number of hydrogen-bond acceptors (Lipinski definition) is 4. The van der Waals surface area contributed by atoms with E-state index in [2.05, 4.69) is 0 Å². The molecule has 134 valence electrons. The van der Waals surface area contributed by atoms with Gasteiger partial charge in [0, 0.05) is 11.3 Å². The summed E-state index contributed by atoms with van der Waals surface area (Å²) in [5.74, 6) is -0.124. The third-order valence-corrected chi connectivity index (χ3v) is 5.59. The minimum absolute atomic E-state index is 0.0605. The zero-order chi connectivity index (χ0) is 18.5. The van der Waals surface area contributed by atoms with Crippen molar-refractivity contribution in [3.05, 3.63) is 47.7 Å². The zero-order valence-electron chi connectivity index (χ0n) is 14.9. The van der Waals surface area contributed by atoms with E-state index in [1.807, 2.05) is 34.9 Å². The largest absolute Gasteiger partial charge is 0.505 e. The molecule has 26 heavy (non-hydrogen) atoms. The molecule has 1 saturated carbocycles. The summed E-state index contributed by atoms with van der Waals surface area (Å²) in [5.41, 5.74) is 1.45. The lowest BCUT2D eigenvalue weighted by Crippen LogP contribution is -2.45. The first kappa shape index (κ1) is 16.6. The minimum atomic E-state index is -0.787. The Kier molecular flexibility index (Phi) is 3.75. The summed E-state index contributed by atoms with van der Waals surface area (Å²) in [6.07, 6.45) is 3.20. The number of ether oxygens (including phenoxy) is 1. The fourth-order valence-electron chi connectivity index (χ4n) is 4.40. The van der Waals surface area contributed by atoms with Crippen molar-refractivity contribution in [2.24, 2.45) is 0 Å². The summed E-state index contributed by atoms with van der Waals surface area (Å²) in [6.45, 7) is 1.34. The number of methoxy groups -OCH3 is 1. The van der Waals surface area contributed by atoms with Gasteiger partial charge in [0.05, 0.1) is 12.8 Å². The molecule has 0 bridgehead atoms. The van der Waals surface area contributed by atoms with E-state index < -0.39 is 5.54 Å². The number of ketones is 2. The fraction of sp³-hybridized carbons (Fsp3) is 0.333. The van der Waals surface area contributed by atoms with Crippen LogP contribution in [0.1, 0.15) is 38.3 Å². The average Bonchev–Trinajstić information content (AvgIpc) is 3.28. The van der Waals surface area contributed by atoms with Crippen LogP contribution in [-0.4, -0.2) is 28.3 Å². The lowest BCUT2D eigenvalue weighted by Gasteiger charge is -2.37. The minimum Gasteiger partial charge on any atom is -0.505 e. The van der Waals surface area contributed by atoms with Crippen LogP contribution >= 0.6 is 0 Å². The molecular formula is C21H21NO4. The molecule has 0 amide bonds. The van der Waals surface area contributed by atoms with E-state index in [0.717, 1.165) is 29.8 Å². The normalized spacial score (nSPS) is 18.3. The van der Waals surface area contributed by atoms with Crippen molar-refractivity contribution in [1.82, 2.24) is 4.57 Å². The number of nitrogens with zero attached hydrogens (tertiary/aromatic N) is 1. The second-order valence-electron chi connectivity index (χ2n) is 7.02. The third kappa shape index (κ3) is 2.16. The maximum atomic E-state index is 13.3. The Hall–Kier alpha value is -2.82. The number of aliphatic hydroxyl groups excluding tert-OH is 1. The van der Waals surface area contributed by atoms with Crippen LogP contribution < -0.4 is 4.74 Å². The Morgan fingerprint density at radius 2 is 1.85 bits per heavy atom. The van der Waals surface area contributed by atoms with Crippen LogP contribution in [0.2, 0.25) is 0 Å². The van der Waals surface area contributed by atoms with Gasteiger partial charge in [-0.3, -0.25) is 9.59 Å². The van der Waals surface area contributed by atoms with Gasteiger partial charge in [0.1, 0.15) is 16.9 Å². The van der Waals surface area contributed by atoms with Crippen LogP contribution in [-0.2, 0) is 15.1 Å². The Morgan fingerprint density at radius 1 is 1.15 bits per heavy atom. The maximum Gasteiger partial charge on any atom is 0.196 e. The van der Waals surface area contributed by atoms with Gasteiger partial charge in [-0.25, -0.2) is 0 Å². The van der Waals surface area contributed by atoms with E-state index in [9.17, 15) is 14.7 Å². The molecule has 1 aliphatic carbocycles. The summed E-state index contributed by atoms with van der Waals surface area (Å²) in [4.78, 5) is 25.3. The first-order chi connectivity index (χ1) is 12.5. The summed E-state index contributed by atoms with van der Waals surface area (Å²) in [7, 11) is 1.61. The fourth-order valence-corrected chi connectivity index (χ4v) is 4.40. The predicted octanol–water partition coefficient (Wildman–Crippen LogP) is 3.87. The predicted molar refractivity (Wildman–Crippen MR) is 98.1 cm³/mol. The molecule has 0 unspecified atom stereocenters. The topological polar surface area (TPSA) is 68.5 Å². The quantitative estimate of drug-likeness (QED) is 0.852. The number of carbonyl (C=O) groups is 2. The molecule has 4 rings (SSSR count). The monoisotopic (exact) mass is 351 g/mol. The molecule has 5 nitrogen and oxygen atoms in total. The van der Waals surface area contributed by atoms with Crippen molar-refractivity contribution in [2.75, 3.05) is 7.11 Å². The van der Waals surface area contributed by atoms with E-state index in [1.54, 1.807) is 13.2 Å². The molecule has 0 radical (unpaired) electrons. The van der Waals surface area contributed by atoms with E-state index in [4.69, 9.17) is 4.74 Å². The van der Waals surface area contributed by atoms with Gasteiger partial charge in [-0.1, -0.05) is 25.0 Å². The molecule has 2 aromatic rings. The summed E-state index contributed by atoms with van der Waals surface area (Å²) >= 11 is 0. The van der Waals surface area contributed by atoms with Gasteiger partial charge in [0.15, 0.2) is 17.3 Å². The Labute approximate surface area is 151 Å². The van der Waals surface area contributed by atoms with Crippen LogP contribution in [0.4, 0.5) is 0 Å².